The molecule has 19 nitrogen and oxygen atoms in total. The summed E-state index contributed by atoms with van der Waals surface area (Å²) in [6.07, 6.45) is 13.4. The molecule has 0 spiro atoms. The van der Waals surface area contributed by atoms with Crippen molar-refractivity contribution in [2.24, 2.45) is 0 Å². The van der Waals surface area contributed by atoms with Gasteiger partial charge in [-0.15, -0.1) is 0 Å². The van der Waals surface area contributed by atoms with E-state index in [4.69, 9.17) is 28.4 Å². The van der Waals surface area contributed by atoms with Crippen molar-refractivity contribution < 1.29 is 89.4 Å². The van der Waals surface area contributed by atoms with Gasteiger partial charge < -0.3 is 89.9 Å². The number of nitrogens with one attached hydrogen (secondary N) is 1. The Morgan fingerprint density at radius 1 is 0.461 bits per heavy atom. The van der Waals surface area contributed by atoms with Crippen molar-refractivity contribution in [2.75, 3.05) is 26.4 Å². The third-order valence-electron chi connectivity index (χ3n) is 15.3. The summed E-state index contributed by atoms with van der Waals surface area (Å²) in [4.78, 5) is 13.3. The Kier molecular flexibility index (Phi) is 37.6. The fourth-order valence-corrected chi connectivity index (χ4v) is 10.4. The van der Waals surface area contributed by atoms with Crippen molar-refractivity contribution in [1.82, 2.24) is 5.32 Å². The number of allylic oxidation sites excluding steroid dienone is 1. The number of aliphatic hydroxyl groups is 11. The maximum atomic E-state index is 13.3. The van der Waals surface area contributed by atoms with Crippen LogP contribution < -0.4 is 5.32 Å². The average Bonchev–Trinajstić information content (AvgIpc) is 3.42. The van der Waals surface area contributed by atoms with Gasteiger partial charge in [-0.25, -0.2) is 0 Å². The highest BCUT2D eigenvalue weighted by Crippen LogP contribution is 2.33. The van der Waals surface area contributed by atoms with Crippen molar-refractivity contribution >= 4 is 5.91 Å². The molecule has 0 aliphatic carbocycles. The largest absolute Gasteiger partial charge is 0.394 e. The summed E-state index contributed by atoms with van der Waals surface area (Å²) < 4.78 is 34.2. The maximum Gasteiger partial charge on any atom is 0.220 e. The molecule has 0 aromatic heterocycles. The lowest BCUT2D eigenvalue weighted by Crippen LogP contribution is -2.66. The SMILES string of the molecule is CCCCCCCCCCCC/C=C/C(O)C(COC1OC(CO)C(OC2OC(CO)C(OC3OC(CO)C(O)C(O)C3O)C(O)C2O)C(O)C1O)NC(=O)CCCCCCCCCCCCCCCCCCCCC. The molecule has 3 aliphatic rings. The van der Waals surface area contributed by atoms with Gasteiger partial charge >= 0.3 is 0 Å². The Hall–Kier alpha value is -1.47. The highest BCUT2D eigenvalue weighted by Gasteiger charge is 2.53. The van der Waals surface area contributed by atoms with Crippen molar-refractivity contribution in [3.05, 3.63) is 12.2 Å². The molecule has 3 rings (SSSR count). The molecule has 0 aromatic carbocycles. The quantitative estimate of drug-likeness (QED) is 0.0283. The summed E-state index contributed by atoms with van der Waals surface area (Å²) in [5.41, 5.74) is 0. The predicted octanol–water partition coefficient (Wildman–Crippen LogP) is 4.99. The van der Waals surface area contributed by atoms with Gasteiger partial charge in [-0.2, -0.15) is 0 Å². The topological polar surface area (TPSA) is 307 Å². The van der Waals surface area contributed by atoms with E-state index in [-0.39, 0.29) is 18.9 Å². The molecule has 0 saturated carbocycles. The van der Waals surface area contributed by atoms with Crippen LogP contribution in [-0.2, 0) is 33.2 Å². The maximum absolute atomic E-state index is 13.3. The first-order chi connectivity index (χ1) is 36.8. The number of aliphatic hydroxyl groups excluding tert-OH is 11. The molecule has 3 saturated heterocycles. The van der Waals surface area contributed by atoms with Gasteiger partial charge in [0.1, 0.15) is 73.2 Å². The lowest BCUT2D eigenvalue weighted by atomic mass is 9.96. The number of rotatable bonds is 44. The third kappa shape index (κ3) is 25.5. The van der Waals surface area contributed by atoms with Crippen LogP contribution in [0.2, 0.25) is 0 Å². The molecule has 76 heavy (non-hydrogen) atoms. The van der Waals surface area contributed by atoms with Gasteiger partial charge in [-0.1, -0.05) is 199 Å². The number of carbonyl (C=O) groups is 1. The molecule has 3 heterocycles. The minimum atomic E-state index is -1.97. The van der Waals surface area contributed by atoms with Crippen molar-refractivity contribution in [1.29, 1.82) is 0 Å². The van der Waals surface area contributed by atoms with Crippen LogP contribution in [0.1, 0.15) is 213 Å². The smallest absolute Gasteiger partial charge is 0.220 e. The summed E-state index contributed by atoms with van der Waals surface area (Å²) in [6, 6.07) is -0.966. The van der Waals surface area contributed by atoms with Crippen molar-refractivity contribution in [3.8, 4) is 0 Å². The number of ether oxygens (including phenoxy) is 6. The molecule has 17 unspecified atom stereocenters. The Morgan fingerprint density at radius 2 is 0.816 bits per heavy atom. The Morgan fingerprint density at radius 3 is 1.24 bits per heavy atom. The minimum Gasteiger partial charge on any atom is -0.394 e. The van der Waals surface area contributed by atoms with Crippen LogP contribution in [0, 0.1) is 0 Å². The predicted molar refractivity (Wildman–Crippen MR) is 287 cm³/mol. The molecule has 3 fully saturated rings. The summed E-state index contributed by atoms with van der Waals surface area (Å²) >= 11 is 0. The summed E-state index contributed by atoms with van der Waals surface area (Å²) in [7, 11) is 0. The van der Waals surface area contributed by atoms with Crippen LogP contribution in [0.15, 0.2) is 12.2 Å². The first-order valence-corrected chi connectivity index (χ1v) is 29.9. The van der Waals surface area contributed by atoms with Gasteiger partial charge in [-0.05, 0) is 19.3 Å². The molecule has 0 aromatic rings. The van der Waals surface area contributed by atoms with E-state index in [0.29, 0.717) is 6.42 Å². The molecule has 0 radical (unpaired) electrons. The van der Waals surface area contributed by atoms with Gasteiger partial charge in [-0.3, -0.25) is 4.79 Å². The molecule has 0 bridgehead atoms. The zero-order valence-electron chi connectivity index (χ0n) is 46.5. The zero-order valence-corrected chi connectivity index (χ0v) is 46.5. The summed E-state index contributed by atoms with van der Waals surface area (Å²) in [5.74, 6) is -0.273. The monoisotopic (exact) mass is 1090 g/mol. The van der Waals surface area contributed by atoms with E-state index in [9.17, 15) is 61.0 Å². The highest BCUT2D eigenvalue weighted by atomic mass is 16.8. The van der Waals surface area contributed by atoms with Gasteiger partial charge in [0.15, 0.2) is 18.9 Å². The molecular formula is C57H107NO18. The van der Waals surface area contributed by atoms with E-state index in [1.54, 1.807) is 6.08 Å². The second kappa shape index (κ2) is 41.5. The molecule has 12 N–H and O–H groups in total. The van der Waals surface area contributed by atoms with E-state index in [0.717, 1.165) is 44.9 Å². The molecule has 1 amide bonds. The molecular weight excluding hydrogens is 987 g/mol. The zero-order chi connectivity index (χ0) is 55.5. The lowest BCUT2D eigenvalue weighted by Gasteiger charge is -2.48. The Balaban J connectivity index is 1.49. The van der Waals surface area contributed by atoms with E-state index >= 15 is 0 Å². The number of hydrogen-bond acceptors (Lipinski definition) is 18. The van der Waals surface area contributed by atoms with Crippen molar-refractivity contribution in [3.63, 3.8) is 0 Å². The van der Waals surface area contributed by atoms with Gasteiger partial charge in [0.05, 0.1) is 38.6 Å². The van der Waals surface area contributed by atoms with Crippen LogP contribution in [0.3, 0.4) is 0 Å². The Bertz CT molecular complexity index is 1450. The second-order valence-corrected chi connectivity index (χ2v) is 21.8. The van der Waals surface area contributed by atoms with Crippen LogP contribution in [-0.4, -0.2) is 193 Å². The highest BCUT2D eigenvalue weighted by molar-refractivity contribution is 5.76. The minimum absolute atomic E-state index is 0.249. The normalized spacial score (nSPS) is 31.0. The average molecular weight is 1090 g/mol. The van der Waals surface area contributed by atoms with Crippen LogP contribution in [0.25, 0.3) is 0 Å². The number of carbonyl (C=O) groups excluding carboxylic acids is 1. The lowest BCUT2D eigenvalue weighted by molar-refractivity contribution is -0.379. The number of hydrogen-bond donors (Lipinski definition) is 12. The van der Waals surface area contributed by atoms with Gasteiger partial charge in [0.25, 0.3) is 0 Å². The van der Waals surface area contributed by atoms with E-state index in [1.807, 2.05) is 6.08 Å². The number of unbranched alkanes of at least 4 members (excludes halogenated alkanes) is 28. The first kappa shape index (κ1) is 68.8. The van der Waals surface area contributed by atoms with Crippen molar-refractivity contribution in [2.45, 2.75) is 317 Å². The molecule has 448 valence electrons. The van der Waals surface area contributed by atoms with Crippen LogP contribution in [0.4, 0.5) is 0 Å². The van der Waals surface area contributed by atoms with Crippen LogP contribution in [0.5, 0.6) is 0 Å². The Labute approximate surface area is 455 Å². The molecule has 19 heteroatoms. The number of amides is 1. The van der Waals surface area contributed by atoms with Gasteiger partial charge in [0, 0.05) is 6.42 Å². The standard InChI is InChI=1S/C57H107NO18/c1-3-5-7-9-11-13-15-17-18-19-20-21-22-23-25-27-29-31-33-35-45(63)58-40(41(62)34-32-30-28-26-24-16-14-12-10-8-6-4-2)39-71-55-51(69)48(66)53(43(37-60)73-55)76-57-52(70)49(67)54(44(38-61)74-57)75-56-50(68)47(65)46(64)42(36-59)72-56/h32,34,40-44,46-57,59-62,64-70H,3-31,33,35-39H2,1-2H3,(H,58,63)/b34-32+. The molecule has 17 atom stereocenters. The van der Waals surface area contributed by atoms with Crippen LogP contribution >= 0.6 is 0 Å². The van der Waals surface area contributed by atoms with E-state index in [1.165, 1.54) is 141 Å². The van der Waals surface area contributed by atoms with E-state index in [2.05, 4.69) is 19.2 Å². The van der Waals surface area contributed by atoms with Gasteiger partial charge in [0.2, 0.25) is 5.91 Å². The third-order valence-corrected chi connectivity index (χ3v) is 15.3. The van der Waals surface area contributed by atoms with E-state index < -0.39 is 124 Å². The first-order valence-electron chi connectivity index (χ1n) is 29.9. The second-order valence-electron chi connectivity index (χ2n) is 21.8. The summed E-state index contributed by atoms with van der Waals surface area (Å²) in [5, 5.41) is 120. The molecule has 3 aliphatic heterocycles. The fraction of sp³-hybridized carbons (Fsp3) is 0.947. The fourth-order valence-electron chi connectivity index (χ4n) is 10.4. The summed E-state index contributed by atoms with van der Waals surface area (Å²) in [6.45, 7) is 1.72.